The SMILES string of the molecule is Cc1cc(F)cc(C)c1S(=O)(=O)N1CCCC(C=O)C1. The Hall–Kier alpha value is -1.27. The lowest BCUT2D eigenvalue weighted by Gasteiger charge is -2.30. The Morgan fingerprint density at radius 2 is 1.90 bits per heavy atom. The van der Waals surface area contributed by atoms with Crippen LogP contribution in [0.1, 0.15) is 24.0 Å². The molecule has 0 saturated carbocycles. The number of rotatable bonds is 3. The van der Waals surface area contributed by atoms with Gasteiger partial charge in [0, 0.05) is 19.0 Å². The Bertz CT molecular complexity index is 604. The standard InChI is InChI=1S/C14H18FNO3S/c1-10-6-13(15)7-11(2)14(10)20(18,19)16-5-3-4-12(8-16)9-17/h6-7,9,12H,3-5,8H2,1-2H3. The van der Waals surface area contributed by atoms with Crippen molar-refractivity contribution in [2.45, 2.75) is 31.6 Å². The molecular formula is C14H18FNO3S. The molecule has 1 saturated heterocycles. The summed E-state index contributed by atoms with van der Waals surface area (Å²) in [6.07, 6.45) is 2.20. The quantitative estimate of drug-likeness (QED) is 0.803. The van der Waals surface area contributed by atoms with Crippen LogP contribution in [0.4, 0.5) is 4.39 Å². The summed E-state index contributed by atoms with van der Waals surface area (Å²) in [5.41, 5.74) is 0.798. The molecule has 1 heterocycles. The average molecular weight is 299 g/mol. The third-order valence-corrected chi connectivity index (χ3v) is 5.81. The summed E-state index contributed by atoms with van der Waals surface area (Å²) < 4.78 is 40.0. The number of nitrogens with zero attached hydrogens (tertiary/aromatic N) is 1. The van der Waals surface area contributed by atoms with E-state index in [1.807, 2.05) is 0 Å². The van der Waals surface area contributed by atoms with Gasteiger partial charge in [-0.2, -0.15) is 4.31 Å². The number of hydrogen-bond acceptors (Lipinski definition) is 3. The smallest absolute Gasteiger partial charge is 0.243 e. The molecule has 1 aliphatic heterocycles. The lowest BCUT2D eigenvalue weighted by atomic mass is 10.0. The molecule has 110 valence electrons. The van der Waals surface area contributed by atoms with Crippen LogP contribution in [0.3, 0.4) is 0 Å². The van der Waals surface area contributed by atoms with Crippen LogP contribution < -0.4 is 0 Å². The molecule has 1 aromatic rings. The Kier molecular flexibility index (Phi) is 4.25. The van der Waals surface area contributed by atoms with E-state index in [0.29, 0.717) is 24.1 Å². The zero-order valence-corrected chi connectivity index (χ0v) is 12.4. The summed E-state index contributed by atoms with van der Waals surface area (Å²) in [7, 11) is -3.68. The maximum Gasteiger partial charge on any atom is 0.243 e. The normalized spacial score (nSPS) is 20.9. The summed E-state index contributed by atoms with van der Waals surface area (Å²) in [5, 5.41) is 0. The van der Waals surface area contributed by atoms with Crippen LogP contribution in [0, 0.1) is 25.6 Å². The number of aryl methyl sites for hydroxylation is 2. The van der Waals surface area contributed by atoms with Crippen LogP contribution in [0.2, 0.25) is 0 Å². The Morgan fingerprint density at radius 3 is 2.45 bits per heavy atom. The van der Waals surface area contributed by atoms with Crippen LogP contribution in [-0.2, 0) is 14.8 Å². The molecule has 1 aliphatic rings. The van der Waals surface area contributed by atoms with E-state index in [2.05, 4.69) is 0 Å². The highest BCUT2D eigenvalue weighted by Gasteiger charge is 2.32. The maximum absolute atomic E-state index is 13.3. The first-order valence-electron chi connectivity index (χ1n) is 6.58. The van der Waals surface area contributed by atoms with E-state index < -0.39 is 15.8 Å². The number of sulfonamides is 1. The molecule has 2 rings (SSSR count). The first kappa shape index (κ1) is 15.1. The van der Waals surface area contributed by atoms with Gasteiger partial charge in [-0.05, 0) is 49.9 Å². The van der Waals surface area contributed by atoms with Gasteiger partial charge < -0.3 is 4.79 Å². The fourth-order valence-corrected chi connectivity index (χ4v) is 4.68. The van der Waals surface area contributed by atoms with Gasteiger partial charge >= 0.3 is 0 Å². The molecule has 1 atom stereocenters. The van der Waals surface area contributed by atoms with Crippen LogP contribution >= 0.6 is 0 Å². The van der Waals surface area contributed by atoms with Gasteiger partial charge in [0.1, 0.15) is 12.1 Å². The van der Waals surface area contributed by atoms with Gasteiger partial charge in [0.15, 0.2) is 0 Å². The number of benzene rings is 1. The van der Waals surface area contributed by atoms with Crippen molar-refractivity contribution in [3.63, 3.8) is 0 Å². The van der Waals surface area contributed by atoms with E-state index in [1.54, 1.807) is 13.8 Å². The van der Waals surface area contributed by atoms with Crippen molar-refractivity contribution < 1.29 is 17.6 Å². The third-order valence-electron chi connectivity index (χ3n) is 3.64. The summed E-state index contributed by atoms with van der Waals surface area (Å²) in [5.74, 6) is -0.692. The molecule has 0 N–H and O–H groups in total. The molecule has 0 amide bonds. The molecule has 0 aliphatic carbocycles. The van der Waals surface area contributed by atoms with Gasteiger partial charge in [-0.1, -0.05) is 0 Å². The van der Waals surface area contributed by atoms with Crippen molar-refractivity contribution in [3.05, 3.63) is 29.1 Å². The van der Waals surface area contributed by atoms with Crippen LogP contribution in [-0.4, -0.2) is 32.1 Å². The van der Waals surface area contributed by atoms with Crippen molar-refractivity contribution in [1.29, 1.82) is 0 Å². The fourth-order valence-electron chi connectivity index (χ4n) is 2.74. The highest BCUT2D eigenvalue weighted by molar-refractivity contribution is 7.89. The largest absolute Gasteiger partial charge is 0.303 e. The number of halogens is 1. The van der Waals surface area contributed by atoms with Crippen molar-refractivity contribution in [2.75, 3.05) is 13.1 Å². The van der Waals surface area contributed by atoms with Gasteiger partial charge in [0.25, 0.3) is 0 Å². The lowest BCUT2D eigenvalue weighted by Crippen LogP contribution is -2.40. The molecule has 0 bridgehead atoms. The minimum Gasteiger partial charge on any atom is -0.303 e. The molecule has 0 radical (unpaired) electrons. The molecule has 6 heteroatoms. The van der Waals surface area contributed by atoms with Crippen LogP contribution in [0.25, 0.3) is 0 Å². The van der Waals surface area contributed by atoms with Crippen molar-refractivity contribution >= 4 is 16.3 Å². The summed E-state index contributed by atoms with van der Waals surface area (Å²) in [6.45, 7) is 3.79. The Labute approximate surface area is 118 Å². The maximum atomic E-state index is 13.3. The third kappa shape index (κ3) is 2.76. The molecule has 20 heavy (non-hydrogen) atoms. The second-order valence-corrected chi connectivity index (χ2v) is 7.14. The molecule has 4 nitrogen and oxygen atoms in total. The predicted molar refractivity (Wildman–Crippen MR) is 73.4 cm³/mol. The van der Waals surface area contributed by atoms with Crippen LogP contribution in [0.5, 0.6) is 0 Å². The van der Waals surface area contributed by atoms with E-state index in [-0.39, 0.29) is 17.4 Å². The Morgan fingerprint density at radius 1 is 1.30 bits per heavy atom. The minimum atomic E-state index is -3.68. The highest BCUT2D eigenvalue weighted by atomic mass is 32.2. The van der Waals surface area contributed by atoms with E-state index in [0.717, 1.165) is 12.7 Å². The summed E-state index contributed by atoms with van der Waals surface area (Å²) in [6, 6.07) is 2.45. The first-order valence-corrected chi connectivity index (χ1v) is 8.02. The van der Waals surface area contributed by atoms with Gasteiger partial charge in [-0.25, -0.2) is 12.8 Å². The van der Waals surface area contributed by atoms with E-state index in [4.69, 9.17) is 0 Å². The molecule has 0 spiro atoms. The first-order chi connectivity index (χ1) is 9.36. The van der Waals surface area contributed by atoms with Crippen LogP contribution in [0.15, 0.2) is 17.0 Å². The summed E-state index contributed by atoms with van der Waals surface area (Å²) >= 11 is 0. The Balaban J connectivity index is 2.43. The van der Waals surface area contributed by atoms with Crippen molar-refractivity contribution in [1.82, 2.24) is 4.31 Å². The zero-order valence-electron chi connectivity index (χ0n) is 11.6. The van der Waals surface area contributed by atoms with E-state index in [1.165, 1.54) is 16.4 Å². The fraction of sp³-hybridized carbons (Fsp3) is 0.500. The second kappa shape index (κ2) is 5.61. The molecule has 0 aromatic heterocycles. The second-order valence-electron chi connectivity index (χ2n) is 5.27. The van der Waals surface area contributed by atoms with E-state index >= 15 is 0 Å². The lowest BCUT2D eigenvalue weighted by molar-refractivity contribution is -0.112. The highest BCUT2D eigenvalue weighted by Crippen LogP contribution is 2.28. The van der Waals surface area contributed by atoms with Gasteiger partial charge in [-0.15, -0.1) is 0 Å². The molecule has 1 unspecified atom stereocenters. The van der Waals surface area contributed by atoms with Gasteiger partial charge in [0.05, 0.1) is 4.90 Å². The number of carbonyl (C=O) groups is 1. The van der Waals surface area contributed by atoms with Crippen molar-refractivity contribution in [3.8, 4) is 0 Å². The number of piperidine rings is 1. The number of aldehydes is 1. The van der Waals surface area contributed by atoms with E-state index in [9.17, 15) is 17.6 Å². The summed E-state index contributed by atoms with van der Waals surface area (Å²) in [4.78, 5) is 11.0. The monoisotopic (exact) mass is 299 g/mol. The zero-order chi connectivity index (χ0) is 14.9. The number of carbonyl (C=O) groups excluding carboxylic acids is 1. The molecule has 1 aromatic carbocycles. The number of hydrogen-bond donors (Lipinski definition) is 0. The van der Waals surface area contributed by atoms with Gasteiger partial charge in [-0.3, -0.25) is 0 Å². The predicted octanol–water partition coefficient (Wildman–Crippen LogP) is 2.04. The average Bonchev–Trinajstić information content (AvgIpc) is 2.37. The minimum absolute atomic E-state index is 0.158. The molecule has 1 fully saturated rings. The molecular weight excluding hydrogens is 281 g/mol. The van der Waals surface area contributed by atoms with Crippen molar-refractivity contribution in [2.24, 2.45) is 5.92 Å². The topological polar surface area (TPSA) is 54.5 Å². The van der Waals surface area contributed by atoms with Gasteiger partial charge in [0.2, 0.25) is 10.0 Å².